The largest absolute Gasteiger partial charge is 0.285 e. The molecule has 1 heterocycles. The van der Waals surface area contributed by atoms with Gasteiger partial charge in [-0.05, 0) is 18.4 Å². The number of nitrogens with zero attached hydrogens (tertiary/aromatic N) is 1. The topological polar surface area (TPSA) is 28.7 Å². The lowest BCUT2D eigenvalue weighted by Gasteiger charge is -1.92. The van der Waals surface area contributed by atoms with Crippen LogP contribution in [0.15, 0.2) is 6.20 Å². The van der Waals surface area contributed by atoms with Crippen LogP contribution in [-0.4, -0.2) is 10.2 Å². The third kappa shape index (κ3) is 2.21. The monoisotopic (exact) mass is 137 g/mol. The summed E-state index contributed by atoms with van der Waals surface area (Å²) in [4.78, 5) is 0. The molecule has 0 aromatic carbocycles. The maximum atomic E-state index is 3.75. The number of nitrogens with one attached hydrogen (secondary N) is 1. The van der Waals surface area contributed by atoms with Crippen LogP contribution in [0.3, 0.4) is 0 Å². The summed E-state index contributed by atoms with van der Waals surface area (Å²) in [5.74, 6) is 0. The fourth-order valence-corrected chi connectivity index (χ4v) is 0.940. The second kappa shape index (κ2) is 4.09. The van der Waals surface area contributed by atoms with Crippen LogP contribution < -0.4 is 0 Å². The summed E-state index contributed by atoms with van der Waals surface area (Å²) >= 11 is 0. The molecule has 2 nitrogen and oxygen atoms in total. The molecule has 0 saturated heterocycles. The number of hydrogen-bond donors (Lipinski definition) is 1. The van der Waals surface area contributed by atoms with Crippen LogP contribution in [0.4, 0.5) is 0 Å². The van der Waals surface area contributed by atoms with E-state index in [1.54, 1.807) is 0 Å². The van der Waals surface area contributed by atoms with Gasteiger partial charge in [-0.25, -0.2) is 0 Å². The first-order chi connectivity index (χ1) is 4.93. The molecule has 10 heavy (non-hydrogen) atoms. The highest BCUT2D eigenvalue weighted by Crippen LogP contribution is 2.02. The van der Waals surface area contributed by atoms with E-state index in [4.69, 9.17) is 0 Å². The van der Waals surface area contributed by atoms with E-state index >= 15 is 0 Å². The second-order valence-electron chi connectivity index (χ2n) is 2.48. The van der Waals surface area contributed by atoms with Gasteiger partial charge in [-0.1, -0.05) is 19.8 Å². The molecular formula is C8H13N2. The van der Waals surface area contributed by atoms with Crippen molar-refractivity contribution in [3.8, 4) is 0 Å². The van der Waals surface area contributed by atoms with Crippen LogP contribution in [0.2, 0.25) is 0 Å². The van der Waals surface area contributed by atoms with Crippen molar-refractivity contribution >= 4 is 0 Å². The lowest BCUT2D eigenvalue weighted by Crippen LogP contribution is -1.81. The number of H-pyrrole nitrogens is 1. The van der Waals surface area contributed by atoms with E-state index in [-0.39, 0.29) is 0 Å². The molecule has 0 fully saturated rings. The first-order valence-corrected chi connectivity index (χ1v) is 3.84. The highest BCUT2D eigenvalue weighted by molar-refractivity contribution is 5.00. The van der Waals surface area contributed by atoms with Crippen molar-refractivity contribution in [1.82, 2.24) is 10.2 Å². The van der Waals surface area contributed by atoms with Crippen LogP contribution in [0.5, 0.6) is 0 Å². The summed E-state index contributed by atoms with van der Waals surface area (Å²) in [7, 11) is 0. The number of hydrogen-bond acceptors (Lipinski definition) is 1. The lowest BCUT2D eigenvalue weighted by molar-refractivity contribution is 0.717. The highest BCUT2D eigenvalue weighted by atomic mass is 15.1. The van der Waals surface area contributed by atoms with Gasteiger partial charge >= 0.3 is 0 Å². The number of aryl methyl sites for hydroxylation is 1. The fraction of sp³-hybridized carbons (Fsp3) is 0.625. The van der Waals surface area contributed by atoms with Gasteiger partial charge in [0.25, 0.3) is 0 Å². The zero-order valence-electron chi connectivity index (χ0n) is 6.35. The van der Waals surface area contributed by atoms with Crippen molar-refractivity contribution in [2.45, 2.75) is 32.6 Å². The molecule has 1 rings (SSSR count). The Kier molecular flexibility index (Phi) is 3.00. The molecule has 1 aromatic rings. The Morgan fingerprint density at radius 3 is 3.10 bits per heavy atom. The third-order valence-corrected chi connectivity index (χ3v) is 1.55. The average molecular weight is 137 g/mol. The predicted octanol–water partition coefficient (Wildman–Crippen LogP) is 1.94. The van der Waals surface area contributed by atoms with E-state index in [0.717, 1.165) is 6.42 Å². The molecule has 0 aliphatic carbocycles. The summed E-state index contributed by atoms with van der Waals surface area (Å²) in [6, 6.07) is 0. The lowest BCUT2D eigenvalue weighted by atomic mass is 10.1. The molecule has 55 valence electrons. The summed E-state index contributed by atoms with van der Waals surface area (Å²) in [5.41, 5.74) is 1.20. The van der Waals surface area contributed by atoms with Crippen molar-refractivity contribution in [3.05, 3.63) is 18.0 Å². The second-order valence-corrected chi connectivity index (χ2v) is 2.48. The van der Waals surface area contributed by atoms with Crippen molar-refractivity contribution in [2.24, 2.45) is 0 Å². The molecule has 0 amide bonds. The highest BCUT2D eigenvalue weighted by Gasteiger charge is 1.92. The molecule has 0 spiro atoms. The van der Waals surface area contributed by atoms with Gasteiger partial charge in [0.1, 0.15) is 6.20 Å². The van der Waals surface area contributed by atoms with E-state index in [1.165, 1.54) is 24.8 Å². The van der Waals surface area contributed by atoms with Gasteiger partial charge in [0.05, 0.1) is 0 Å². The summed E-state index contributed by atoms with van der Waals surface area (Å²) in [6.45, 7) is 2.21. The van der Waals surface area contributed by atoms with Crippen LogP contribution in [0.25, 0.3) is 0 Å². The van der Waals surface area contributed by atoms with Gasteiger partial charge in [0.2, 0.25) is 0 Å². The molecule has 0 saturated carbocycles. The van der Waals surface area contributed by atoms with E-state index in [1.807, 2.05) is 6.20 Å². The zero-order chi connectivity index (χ0) is 7.23. The van der Waals surface area contributed by atoms with Gasteiger partial charge in [0.15, 0.2) is 0 Å². The van der Waals surface area contributed by atoms with Crippen LogP contribution in [0.1, 0.15) is 31.7 Å². The molecule has 0 bridgehead atoms. The Morgan fingerprint density at radius 2 is 2.50 bits per heavy atom. The first-order valence-electron chi connectivity index (χ1n) is 3.84. The normalized spacial score (nSPS) is 10.1. The van der Waals surface area contributed by atoms with Crippen LogP contribution >= 0.6 is 0 Å². The standard InChI is InChI=1S/C8H13N2/c1-2-3-4-5-8-6-9-10-7-8/h6H,2-5H2,1H3,(H,9,10). The Morgan fingerprint density at radius 1 is 1.60 bits per heavy atom. The Labute approximate surface area is 61.7 Å². The van der Waals surface area contributed by atoms with Gasteiger partial charge < -0.3 is 0 Å². The molecule has 2 heteroatoms. The number of aromatic amines is 1. The van der Waals surface area contributed by atoms with E-state index < -0.39 is 0 Å². The first kappa shape index (κ1) is 7.32. The molecule has 0 atom stereocenters. The van der Waals surface area contributed by atoms with Crippen LogP contribution in [0, 0.1) is 6.20 Å². The number of unbranched alkanes of at least 4 members (excludes halogenated alkanes) is 2. The van der Waals surface area contributed by atoms with Crippen molar-refractivity contribution in [2.75, 3.05) is 0 Å². The van der Waals surface area contributed by atoms with Gasteiger partial charge in [-0.15, -0.1) is 0 Å². The minimum Gasteiger partial charge on any atom is -0.285 e. The molecular weight excluding hydrogens is 124 g/mol. The SMILES string of the molecule is CCCCCc1[c]n[nH]c1. The molecule has 1 radical (unpaired) electrons. The Balaban J connectivity index is 2.15. The summed E-state index contributed by atoms with van der Waals surface area (Å²) in [5, 5.41) is 6.50. The smallest absolute Gasteiger partial charge is 0.116 e. The van der Waals surface area contributed by atoms with Crippen molar-refractivity contribution < 1.29 is 0 Å². The van der Waals surface area contributed by atoms with Gasteiger partial charge in [-0.3, -0.25) is 5.10 Å². The molecule has 0 aliphatic heterocycles. The molecule has 1 N–H and O–H groups in total. The number of rotatable bonds is 4. The maximum Gasteiger partial charge on any atom is 0.116 e. The van der Waals surface area contributed by atoms with E-state index in [9.17, 15) is 0 Å². The van der Waals surface area contributed by atoms with Gasteiger partial charge in [0, 0.05) is 6.20 Å². The van der Waals surface area contributed by atoms with E-state index in [0.29, 0.717) is 0 Å². The predicted molar refractivity (Wildman–Crippen MR) is 40.7 cm³/mol. The maximum absolute atomic E-state index is 3.75. The Bertz CT molecular complexity index is 156. The minimum atomic E-state index is 1.12. The summed E-state index contributed by atoms with van der Waals surface area (Å²) < 4.78 is 0. The average Bonchev–Trinajstić information content (AvgIpc) is 2.41. The van der Waals surface area contributed by atoms with Crippen molar-refractivity contribution in [3.63, 3.8) is 0 Å². The van der Waals surface area contributed by atoms with Crippen molar-refractivity contribution in [1.29, 1.82) is 0 Å². The third-order valence-electron chi connectivity index (χ3n) is 1.55. The van der Waals surface area contributed by atoms with Crippen LogP contribution in [-0.2, 0) is 6.42 Å². The number of aromatic nitrogens is 2. The molecule has 1 aromatic heterocycles. The molecule has 0 aliphatic rings. The minimum absolute atomic E-state index is 1.12. The van der Waals surface area contributed by atoms with E-state index in [2.05, 4.69) is 23.3 Å². The zero-order valence-corrected chi connectivity index (χ0v) is 6.35. The fourth-order valence-electron chi connectivity index (χ4n) is 0.940. The molecule has 0 unspecified atom stereocenters. The summed E-state index contributed by atoms with van der Waals surface area (Å²) in [6.07, 6.45) is 9.75. The Hall–Kier alpha value is -0.790. The quantitative estimate of drug-likeness (QED) is 0.631. The van der Waals surface area contributed by atoms with Gasteiger partial charge in [-0.2, -0.15) is 5.10 Å².